The van der Waals surface area contributed by atoms with Gasteiger partial charge in [-0.15, -0.1) is 5.10 Å². The molecule has 0 amide bonds. The van der Waals surface area contributed by atoms with Gasteiger partial charge in [-0.1, -0.05) is 23.4 Å². The first-order chi connectivity index (χ1) is 15.0. The van der Waals surface area contributed by atoms with Crippen molar-refractivity contribution < 1.29 is 8.42 Å². The summed E-state index contributed by atoms with van der Waals surface area (Å²) >= 11 is 0. The Morgan fingerprint density at radius 2 is 1.65 bits per heavy atom. The maximum atomic E-state index is 13.2. The van der Waals surface area contributed by atoms with E-state index in [1.165, 1.54) is 22.2 Å². The molecule has 1 aromatic heterocycles. The van der Waals surface area contributed by atoms with Crippen LogP contribution in [0.25, 0.3) is 10.9 Å². The third-order valence-electron chi connectivity index (χ3n) is 6.25. The largest absolute Gasteiger partial charge is 0.282 e. The first-order valence-electron chi connectivity index (χ1n) is 10.7. The molecule has 0 radical (unpaired) electrons. The van der Waals surface area contributed by atoms with Gasteiger partial charge in [0.2, 0.25) is 10.0 Å². The van der Waals surface area contributed by atoms with Crippen LogP contribution in [0.4, 0.5) is 0 Å². The number of hydrogen-bond acceptors (Lipinski definition) is 6. The van der Waals surface area contributed by atoms with Gasteiger partial charge in [0, 0.05) is 26.2 Å². The third-order valence-corrected chi connectivity index (χ3v) is 8.15. The fourth-order valence-corrected chi connectivity index (χ4v) is 5.91. The van der Waals surface area contributed by atoms with Crippen molar-refractivity contribution in [1.29, 1.82) is 0 Å². The van der Waals surface area contributed by atoms with E-state index in [0.29, 0.717) is 48.6 Å². The van der Waals surface area contributed by atoms with Crippen molar-refractivity contribution in [3.05, 3.63) is 63.9 Å². The monoisotopic (exact) mass is 439 g/mol. The Morgan fingerprint density at radius 3 is 2.45 bits per heavy atom. The van der Waals surface area contributed by atoms with Crippen molar-refractivity contribution in [2.75, 3.05) is 26.2 Å². The highest BCUT2D eigenvalue weighted by atomic mass is 32.2. The molecule has 0 saturated carbocycles. The van der Waals surface area contributed by atoms with Gasteiger partial charge in [0.25, 0.3) is 5.56 Å². The quantitative estimate of drug-likeness (QED) is 0.614. The van der Waals surface area contributed by atoms with Crippen LogP contribution in [0.2, 0.25) is 0 Å². The number of rotatable bonds is 4. The molecule has 3 aromatic rings. The summed E-state index contributed by atoms with van der Waals surface area (Å²) in [6, 6.07) is 12.7. The Labute approximate surface area is 181 Å². The van der Waals surface area contributed by atoms with Crippen molar-refractivity contribution in [1.82, 2.24) is 24.2 Å². The van der Waals surface area contributed by atoms with Gasteiger partial charge in [0.1, 0.15) is 5.52 Å². The Kier molecular flexibility index (Phi) is 5.33. The van der Waals surface area contributed by atoms with Gasteiger partial charge >= 0.3 is 0 Å². The van der Waals surface area contributed by atoms with Gasteiger partial charge in [-0.25, -0.2) is 8.42 Å². The van der Waals surface area contributed by atoms with Crippen LogP contribution in [0.1, 0.15) is 24.0 Å². The molecule has 9 heteroatoms. The summed E-state index contributed by atoms with van der Waals surface area (Å²) in [6.07, 6.45) is 4.28. The third kappa shape index (κ3) is 3.88. The summed E-state index contributed by atoms with van der Waals surface area (Å²) in [7, 11) is -3.52. The minimum Gasteiger partial charge on any atom is -0.282 e. The Balaban J connectivity index is 1.28. The molecule has 1 fully saturated rings. The average molecular weight is 440 g/mol. The zero-order valence-electron chi connectivity index (χ0n) is 17.3. The second-order valence-electron chi connectivity index (χ2n) is 8.21. The van der Waals surface area contributed by atoms with E-state index in [1.54, 1.807) is 28.6 Å². The van der Waals surface area contributed by atoms with E-state index in [1.807, 2.05) is 23.1 Å². The Hall–Kier alpha value is -2.62. The van der Waals surface area contributed by atoms with E-state index in [4.69, 9.17) is 0 Å². The summed E-state index contributed by atoms with van der Waals surface area (Å²) in [5.74, 6) is 0. The minimum absolute atomic E-state index is 0.185. The molecule has 0 atom stereocenters. The van der Waals surface area contributed by atoms with Gasteiger partial charge in [0.05, 0.1) is 17.0 Å². The molecular weight excluding hydrogens is 414 g/mol. The van der Waals surface area contributed by atoms with Crippen molar-refractivity contribution in [2.45, 2.75) is 37.2 Å². The molecule has 1 aliphatic carbocycles. The smallest absolute Gasteiger partial charge is 0.278 e. The fraction of sp³-hybridized carbons (Fsp3) is 0.409. The summed E-state index contributed by atoms with van der Waals surface area (Å²) in [5, 5.41) is 8.69. The van der Waals surface area contributed by atoms with E-state index < -0.39 is 10.0 Å². The first-order valence-corrected chi connectivity index (χ1v) is 12.1. The molecule has 8 nitrogen and oxygen atoms in total. The second kappa shape index (κ2) is 8.14. The van der Waals surface area contributed by atoms with E-state index in [2.05, 4.69) is 10.3 Å². The molecule has 162 valence electrons. The van der Waals surface area contributed by atoms with E-state index in [-0.39, 0.29) is 5.56 Å². The lowest BCUT2D eigenvalue weighted by molar-refractivity contribution is 0.141. The van der Waals surface area contributed by atoms with Crippen LogP contribution >= 0.6 is 0 Å². The molecule has 31 heavy (non-hydrogen) atoms. The molecule has 0 spiro atoms. The maximum Gasteiger partial charge on any atom is 0.278 e. The highest BCUT2D eigenvalue weighted by Gasteiger charge is 2.29. The topological polar surface area (TPSA) is 88.4 Å². The standard InChI is InChI=1S/C22H25N5O3S/c28-22-20-7-3-4-8-21(20)23-24-27(22)16-25-11-13-26(14-12-25)31(29,30)19-10-9-17-5-1-2-6-18(17)15-19/h3-4,7-10,15H,1-2,5-6,11-14,16H2. The lowest BCUT2D eigenvalue weighted by atomic mass is 9.92. The van der Waals surface area contributed by atoms with Crippen LogP contribution in [0.15, 0.2) is 52.2 Å². The van der Waals surface area contributed by atoms with Gasteiger partial charge < -0.3 is 0 Å². The zero-order chi connectivity index (χ0) is 21.4. The molecule has 5 rings (SSSR count). The van der Waals surface area contributed by atoms with Crippen LogP contribution in [0.5, 0.6) is 0 Å². The van der Waals surface area contributed by atoms with E-state index >= 15 is 0 Å². The van der Waals surface area contributed by atoms with Crippen molar-refractivity contribution >= 4 is 20.9 Å². The number of fused-ring (bicyclic) bond motifs is 2. The fourth-order valence-electron chi connectivity index (χ4n) is 4.44. The van der Waals surface area contributed by atoms with Crippen molar-refractivity contribution in [3.63, 3.8) is 0 Å². The minimum atomic E-state index is -3.52. The number of benzene rings is 2. The zero-order valence-corrected chi connectivity index (χ0v) is 18.1. The van der Waals surface area contributed by atoms with Gasteiger partial charge in [-0.05, 0) is 61.1 Å². The molecule has 2 heterocycles. The predicted molar refractivity (Wildman–Crippen MR) is 117 cm³/mol. The molecule has 1 aliphatic heterocycles. The molecule has 1 saturated heterocycles. The number of sulfonamides is 1. The summed E-state index contributed by atoms with van der Waals surface area (Å²) in [4.78, 5) is 15.1. The Morgan fingerprint density at radius 1 is 0.903 bits per heavy atom. The van der Waals surface area contributed by atoms with Crippen LogP contribution < -0.4 is 5.56 Å². The number of aromatic nitrogens is 3. The van der Waals surface area contributed by atoms with Crippen LogP contribution in [0.3, 0.4) is 0 Å². The Bertz CT molecular complexity index is 1280. The number of hydrogen-bond donors (Lipinski definition) is 0. The molecule has 2 aliphatic rings. The number of piperazine rings is 1. The highest BCUT2D eigenvalue weighted by Crippen LogP contribution is 2.26. The lowest BCUT2D eigenvalue weighted by Gasteiger charge is -2.33. The average Bonchev–Trinajstić information content (AvgIpc) is 2.81. The van der Waals surface area contributed by atoms with Gasteiger partial charge in [-0.2, -0.15) is 8.99 Å². The van der Waals surface area contributed by atoms with E-state index in [9.17, 15) is 13.2 Å². The lowest BCUT2D eigenvalue weighted by Crippen LogP contribution is -2.49. The van der Waals surface area contributed by atoms with Crippen molar-refractivity contribution in [2.24, 2.45) is 0 Å². The first kappa shape index (κ1) is 20.3. The predicted octanol–water partition coefficient (Wildman–Crippen LogP) is 1.63. The molecular formula is C22H25N5O3S. The summed E-state index contributed by atoms with van der Waals surface area (Å²) in [5.41, 5.74) is 2.83. The van der Waals surface area contributed by atoms with Crippen LogP contribution in [-0.4, -0.2) is 58.8 Å². The van der Waals surface area contributed by atoms with Crippen LogP contribution in [-0.2, 0) is 29.5 Å². The number of aryl methyl sites for hydroxylation is 2. The summed E-state index contributed by atoms with van der Waals surface area (Å²) in [6.45, 7) is 2.13. The highest BCUT2D eigenvalue weighted by molar-refractivity contribution is 7.89. The maximum absolute atomic E-state index is 13.2. The normalized spacial score (nSPS) is 18.2. The second-order valence-corrected chi connectivity index (χ2v) is 10.2. The van der Waals surface area contributed by atoms with E-state index in [0.717, 1.165) is 19.3 Å². The van der Waals surface area contributed by atoms with Crippen LogP contribution in [0, 0.1) is 0 Å². The molecule has 0 unspecified atom stereocenters. The SMILES string of the molecule is O=c1c2ccccc2nnn1CN1CCN(S(=O)(=O)c2ccc3c(c2)CCCC3)CC1. The van der Waals surface area contributed by atoms with Gasteiger partial charge in [0.15, 0.2) is 0 Å². The molecule has 0 N–H and O–H groups in total. The summed E-state index contributed by atoms with van der Waals surface area (Å²) < 4.78 is 29.2. The number of nitrogens with zero attached hydrogens (tertiary/aromatic N) is 5. The van der Waals surface area contributed by atoms with Gasteiger partial charge in [-0.3, -0.25) is 9.69 Å². The molecule has 2 aromatic carbocycles. The molecule has 0 bridgehead atoms. The van der Waals surface area contributed by atoms with Crippen molar-refractivity contribution in [3.8, 4) is 0 Å².